The summed E-state index contributed by atoms with van der Waals surface area (Å²) < 4.78 is 0. The monoisotopic (exact) mass is 385 g/mol. The quantitative estimate of drug-likeness (QED) is 0.785. The van der Waals surface area contributed by atoms with Gasteiger partial charge in [0, 0.05) is 44.1 Å². The number of rotatable bonds is 5. The van der Waals surface area contributed by atoms with Gasteiger partial charge in [0.15, 0.2) is 0 Å². The molecular weight excluding hydrogens is 354 g/mol. The Labute approximate surface area is 166 Å². The fraction of sp³-hybridized carbons (Fsp3) is 0.667. The van der Waals surface area contributed by atoms with Gasteiger partial charge in [0.2, 0.25) is 11.8 Å². The lowest BCUT2D eigenvalue weighted by molar-refractivity contribution is -0.139. The number of hydrogen-bond acceptors (Lipinski definition) is 5. The van der Waals surface area contributed by atoms with Gasteiger partial charge in [-0.25, -0.2) is 0 Å². The number of carbonyl (C=O) groups is 2. The molecule has 1 aliphatic carbocycles. The Kier molecular flexibility index (Phi) is 5.92. The minimum atomic E-state index is -0.334. The lowest BCUT2D eigenvalue weighted by Crippen LogP contribution is -2.53. The van der Waals surface area contributed by atoms with Crippen molar-refractivity contribution < 1.29 is 9.59 Å². The summed E-state index contributed by atoms with van der Waals surface area (Å²) >= 11 is 0. The third kappa shape index (κ3) is 4.05. The van der Waals surface area contributed by atoms with Crippen LogP contribution in [0.3, 0.4) is 0 Å². The first-order chi connectivity index (χ1) is 13.7. The maximum Gasteiger partial charge on any atom is 0.243 e. The number of pyridine rings is 1. The average molecular weight is 386 g/mol. The summed E-state index contributed by atoms with van der Waals surface area (Å²) in [6.45, 7) is 2.81. The normalized spacial score (nSPS) is 28.3. The van der Waals surface area contributed by atoms with Crippen LogP contribution in [0.25, 0.3) is 0 Å². The molecule has 0 unspecified atom stereocenters. The summed E-state index contributed by atoms with van der Waals surface area (Å²) in [5, 5.41) is 3.23. The molecule has 1 saturated carbocycles. The van der Waals surface area contributed by atoms with Crippen LogP contribution in [-0.4, -0.2) is 64.4 Å². The molecule has 7 heteroatoms. The molecular formula is C21H31N5O2. The fourth-order valence-electron chi connectivity index (χ4n) is 5.27. The molecule has 1 aromatic heterocycles. The Balaban J connectivity index is 1.30. The first-order valence-electron chi connectivity index (χ1n) is 10.6. The Bertz CT molecular complexity index is 689. The topological polar surface area (TPSA) is 91.6 Å². The number of hydrogen-bond donors (Lipinski definition) is 2. The van der Waals surface area contributed by atoms with Gasteiger partial charge in [-0.15, -0.1) is 0 Å². The van der Waals surface area contributed by atoms with Crippen molar-refractivity contribution in [1.29, 1.82) is 0 Å². The number of piperidine rings is 1. The van der Waals surface area contributed by atoms with E-state index in [0.717, 1.165) is 58.2 Å². The molecule has 3 aliphatic rings. The minimum absolute atomic E-state index is 0.0142. The number of likely N-dealkylation sites (tertiary alicyclic amines) is 2. The highest BCUT2D eigenvalue weighted by Crippen LogP contribution is 2.41. The number of nitrogens with two attached hydrogens (primary N) is 1. The van der Waals surface area contributed by atoms with Crippen LogP contribution in [0.15, 0.2) is 24.5 Å². The molecule has 3 heterocycles. The maximum absolute atomic E-state index is 13.0. The molecule has 1 aromatic rings. The van der Waals surface area contributed by atoms with E-state index in [2.05, 4.69) is 21.3 Å². The zero-order chi connectivity index (χ0) is 19.5. The van der Waals surface area contributed by atoms with E-state index in [0.29, 0.717) is 5.92 Å². The molecule has 2 aliphatic heterocycles. The van der Waals surface area contributed by atoms with Crippen molar-refractivity contribution in [2.45, 2.75) is 63.2 Å². The van der Waals surface area contributed by atoms with Gasteiger partial charge in [0.1, 0.15) is 6.04 Å². The third-order valence-corrected chi connectivity index (χ3v) is 6.67. The summed E-state index contributed by atoms with van der Waals surface area (Å²) in [6.07, 6.45) is 9.65. The Hall–Kier alpha value is -1.99. The largest absolute Gasteiger partial charge is 0.351 e. The lowest BCUT2D eigenvalue weighted by Gasteiger charge is -2.34. The molecule has 2 amide bonds. The van der Waals surface area contributed by atoms with Crippen LogP contribution in [0, 0.1) is 5.92 Å². The van der Waals surface area contributed by atoms with Crippen LogP contribution in [0.5, 0.6) is 0 Å². The van der Waals surface area contributed by atoms with E-state index >= 15 is 0 Å². The summed E-state index contributed by atoms with van der Waals surface area (Å²) in [7, 11) is 0. The van der Waals surface area contributed by atoms with Crippen LogP contribution in [-0.2, 0) is 16.1 Å². The predicted molar refractivity (Wildman–Crippen MR) is 106 cm³/mol. The summed E-state index contributed by atoms with van der Waals surface area (Å²) in [5.41, 5.74) is 6.85. The van der Waals surface area contributed by atoms with Gasteiger partial charge in [0.05, 0.1) is 6.54 Å². The Morgan fingerprint density at radius 1 is 1.21 bits per heavy atom. The summed E-state index contributed by atoms with van der Waals surface area (Å²) in [4.78, 5) is 33.8. The molecule has 7 nitrogen and oxygen atoms in total. The minimum Gasteiger partial charge on any atom is -0.351 e. The SMILES string of the molecule is NCC(=O)N1[C@H](C(=O)NC2CCN(Cc3cccnc3)CC2)C[C@@H]2CCC[C@@H]21. The van der Waals surface area contributed by atoms with Crippen molar-refractivity contribution in [1.82, 2.24) is 20.1 Å². The van der Waals surface area contributed by atoms with E-state index in [1.165, 1.54) is 5.56 Å². The van der Waals surface area contributed by atoms with Crippen LogP contribution in [0.1, 0.15) is 44.1 Å². The van der Waals surface area contributed by atoms with Crippen LogP contribution in [0.2, 0.25) is 0 Å². The number of nitrogens with one attached hydrogen (secondary N) is 1. The van der Waals surface area contributed by atoms with E-state index in [4.69, 9.17) is 5.73 Å². The van der Waals surface area contributed by atoms with Crippen LogP contribution in [0.4, 0.5) is 0 Å². The summed E-state index contributed by atoms with van der Waals surface area (Å²) in [6, 6.07) is 4.13. The standard InChI is InChI=1S/C21H31N5O2/c22-12-20(27)26-18-5-1-4-16(18)11-19(26)21(28)24-17-6-9-25(10-7-17)14-15-3-2-8-23-13-15/h2-3,8,13,16-19H,1,4-7,9-12,14,22H2,(H,24,28)/t16-,18-,19-/m0/s1. The molecule has 4 rings (SSSR count). The molecule has 0 radical (unpaired) electrons. The van der Waals surface area contributed by atoms with Crippen molar-refractivity contribution >= 4 is 11.8 Å². The van der Waals surface area contributed by atoms with Crippen molar-refractivity contribution in [2.75, 3.05) is 19.6 Å². The number of nitrogens with zero attached hydrogens (tertiary/aromatic N) is 3. The Morgan fingerprint density at radius 2 is 2.04 bits per heavy atom. The highest BCUT2D eigenvalue weighted by Gasteiger charge is 2.48. The zero-order valence-corrected chi connectivity index (χ0v) is 16.4. The van der Waals surface area contributed by atoms with Crippen molar-refractivity contribution in [2.24, 2.45) is 11.7 Å². The van der Waals surface area contributed by atoms with Gasteiger partial charge < -0.3 is 16.0 Å². The fourth-order valence-corrected chi connectivity index (χ4v) is 5.27. The van der Waals surface area contributed by atoms with E-state index in [-0.39, 0.29) is 36.5 Å². The molecule has 28 heavy (non-hydrogen) atoms. The second kappa shape index (κ2) is 8.57. The molecule has 0 aromatic carbocycles. The molecule has 3 fully saturated rings. The van der Waals surface area contributed by atoms with Crippen molar-refractivity contribution in [3.8, 4) is 0 Å². The van der Waals surface area contributed by atoms with Gasteiger partial charge in [0.25, 0.3) is 0 Å². The number of aromatic nitrogens is 1. The number of amides is 2. The number of carbonyl (C=O) groups excluding carboxylic acids is 2. The van der Waals surface area contributed by atoms with E-state index in [9.17, 15) is 9.59 Å². The molecule has 0 bridgehead atoms. The van der Waals surface area contributed by atoms with Gasteiger partial charge in [-0.05, 0) is 49.7 Å². The molecule has 0 spiro atoms. The second-order valence-electron chi connectivity index (χ2n) is 8.44. The van der Waals surface area contributed by atoms with Gasteiger partial charge in [-0.2, -0.15) is 0 Å². The molecule has 3 N–H and O–H groups in total. The van der Waals surface area contributed by atoms with Gasteiger partial charge in [-0.3, -0.25) is 19.5 Å². The van der Waals surface area contributed by atoms with Crippen LogP contribution < -0.4 is 11.1 Å². The maximum atomic E-state index is 13.0. The first-order valence-corrected chi connectivity index (χ1v) is 10.6. The van der Waals surface area contributed by atoms with E-state index in [1.54, 1.807) is 6.20 Å². The Morgan fingerprint density at radius 3 is 2.75 bits per heavy atom. The number of fused-ring (bicyclic) bond motifs is 1. The molecule has 2 saturated heterocycles. The van der Waals surface area contributed by atoms with Gasteiger partial charge in [-0.1, -0.05) is 12.5 Å². The smallest absolute Gasteiger partial charge is 0.243 e. The second-order valence-corrected chi connectivity index (χ2v) is 8.44. The van der Waals surface area contributed by atoms with E-state index < -0.39 is 0 Å². The highest BCUT2D eigenvalue weighted by atomic mass is 16.2. The van der Waals surface area contributed by atoms with Crippen molar-refractivity contribution in [3.63, 3.8) is 0 Å². The van der Waals surface area contributed by atoms with Crippen LogP contribution >= 0.6 is 0 Å². The van der Waals surface area contributed by atoms with Gasteiger partial charge >= 0.3 is 0 Å². The highest BCUT2D eigenvalue weighted by molar-refractivity contribution is 5.89. The third-order valence-electron chi connectivity index (χ3n) is 6.67. The first kappa shape index (κ1) is 19.3. The van der Waals surface area contributed by atoms with E-state index in [1.807, 2.05) is 17.2 Å². The molecule has 3 atom stereocenters. The molecule has 152 valence electrons. The van der Waals surface area contributed by atoms with Crippen molar-refractivity contribution in [3.05, 3.63) is 30.1 Å². The zero-order valence-electron chi connectivity index (χ0n) is 16.4. The summed E-state index contributed by atoms with van der Waals surface area (Å²) in [5.74, 6) is 0.398. The lowest BCUT2D eigenvalue weighted by atomic mass is 10.0. The average Bonchev–Trinajstić information content (AvgIpc) is 3.31. The predicted octanol–water partition coefficient (Wildman–Crippen LogP) is 0.891.